The van der Waals surface area contributed by atoms with Gasteiger partial charge in [0.1, 0.15) is 10.6 Å². The van der Waals surface area contributed by atoms with Crippen molar-refractivity contribution in [3.05, 3.63) is 11.2 Å². The van der Waals surface area contributed by atoms with E-state index in [1.54, 1.807) is 25.7 Å². The summed E-state index contributed by atoms with van der Waals surface area (Å²) in [5.41, 5.74) is -0.591. The van der Waals surface area contributed by atoms with Crippen LogP contribution >= 0.6 is 11.6 Å². The number of hydrogen-bond acceptors (Lipinski definition) is 6. The molecule has 146 valence electrons. The number of aromatic nitrogens is 2. The highest BCUT2D eigenvalue weighted by Crippen LogP contribution is 2.25. The molecule has 26 heavy (non-hydrogen) atoms. The van der Waals surface area contributed by atoms with Gasteiger partial charge in [-0.3, -0.25) is 0 Å². The van der Waals surface area contributed by atoms with Crippen LogP contribution in [0.2, 0.25) is 5.02 Å². The predicted molar refractivity (Wildman–Crippen MR) is 88.4 cm³/mol. The van der Waals surface area contributed by atoms with E-state index < -0.39 is 24.5 Å². The number of likely N-dealkylation sites (tertiary alicyclic amines) is 1. The van der Waals surface area contributed by atoms with Crippen LogP contribution < -0.4 is 10.1 Å². The highest BCUT2D eigenvalue weighted by atomic mass is 35.5. The van der Waals surface area contributed by atoms with Gasteiger partial charge in [-0.15, -0.1) is 0 Å². The van der Waals surface area contributed by atoms with Crippen molar-refractivity contribution in [1.82, 2.24) is 14.9 Å². The van der Waals surface area contributed by atoms with E-state index in [0.29, 0.717) is 19.5 Å². The van der Waals surface area contributed by atoms with Crippen molar-refractivity contribution in [3.63, 3.8) is 0 Å². The van der Waals surface area contributed by atoms with Crippen LogP contribution in [0, 0.1) is 0 Å². The minimum absolute atomic E-state index is 0.0719. The maximum absolute atomic E-state index is 12.3. The Morgan fingerprint density at radius 1 is 1.42 bits per heavy atom. The van der Waals surface area contributed by atoms with E-state index in [2.05, 4.69) is 20.0 Å². The van der Waals surface area contributed by atoms with Gasteiger partial charge in [0.25, 0.3) is 0 Å². The summed E-state index contributed by atoms with van der Waals surface area (Å²) in [5, 5.41) is 2.84. The molecule has 1 N–H and O–H groups in total. The molecule has 1 atom stereocenters. The predicted octanol–water partition coefficient (Wildman–Crippen LogP) is 3.49. The van der Waals surface area contributed by atoms with E-state index in [1.165, 1.54) is 0 Å². The topological polar surface area (TPSA) is 76.6 Å². The van der Waals surface area contributed by atoms with Crippen molar-refractivity contribution in [2.45, 2.75) is 45.0 Å². The molecule has 1 fully saturated rings. The first-order chi connectivity index (χ1) is 11.9. The summed E-state index contributed by atoms with van der Waals surface area (Å²) >= 11 is 5.75. The van der Waals surface area contributed by atoms with E-state index >= 15 is 0 Å². The average molecular weight is 397 g/mol. The molecule has 2 heterocycles. The number of anilines is 1. The van der Waals surface area contributed by atoms with Gasteiger partial charge in [0.05, 0.1) is 6.20 Å². The lowest BCUT2D eigenvalue weighted by Crippen LogP contribution is -2.36. The minimum atomic E-state index is -4.50. The molecule has 0 bridgehead atoms. The van der Waals surface area contributed by atoms with Gasteiger partial charge in [0.2, 0.25) is 11.8 Å². The molecule has 1 saturated heterocycles. The Kier molecular flexibility index (Phi) is 6.05. The number of alkyl halides is 3. The number of carbonyl (C=O) groups is 1. The van der Waals surface area contributed by atoms with Gasteiger partial charge in [-0.25, -0.2) is 9.78 Å². The van der Waals surface area contributed by atoms with Gasteiger partial charge in [-0.1, -0.05) is 11.6 Å². The van der Waals surface area contributed by atoms with Crippen LogP contribution in [0.1, 0.15) is 27.2 Å². The molecule has 0 spiro atoms. The van der Waals surface area contributed by atoms with Gasteiger partial charge in [-0.05, 0) is 27.2 Å². The van der Waals surface area contributed by atoms with Gasteiger partial charge in [0.15, 0.2) is 6.61 Å². The summed E-state index contributed by atoms with van der Waals surface area (Å²) in [5.74, 6) is -0.286. The van der Waals surface area contributed by atoms with Crippen molar-refractivity contribution in [3.8, 4) is 5.88 Å². The Hall–Kier alpha value is -1.97. The number of hydrogen-bond donors (Lipinski definition) is 1. The average Bonchev–Trinajstić information content (AvgIpc) is 2.94. The third-order valence-corrected chi connectivity index (χ3v) is 3.52. The molecular formula is C15H20ClF3N4O3. The van der Waals surface area contributed by atoms with Crippen molar-refractivity contribution in [2.24, 2.45) is 0 Å². The second-order valence-corrected chi connectivity index (χ2v) is 7.21. The van der Waals surface area contributed by atoms with Crippen LogP contribution in [-0.4, -0.2) is 58.5 Å². The lowest BCUT2D eigenvalue weighted by molar-refractivity contribution is -0.154. The molecule has 0 unspecified atom stereocenters. The van der Waals surface area contributed by atoms with Crippen LogP contribution in [-0.2, 0) is 4.74 Å². The lowest BCUT2D eigenvalue weighted by Gasteiger charge is -2.24. The molecule has 0 aromatic carbocycles. The largest absolute Gasteiger partial charge is 0.467 e. The van der Waals surface area contributed by atoms with Crippen LogP contribution in [0.25, 0.3) is 0 Å². The van der Waals surface area contributed by atoms with Crippen LogP contribution in [0.5, 0.6) is 5.88 Å². The SMILES string of the molecule is CC(C)(C)OC(=O)N1CC[C@H](Nc2ncc(Cl)c(OCC(F)(F)F)n2)C1. The molecule has 7 nitrogen and oxygen atoms in total. The summed E-state index contributed by atoms with van der Waals surface area (Å²) < 4.78 is 46.7. The lowest BCUT2D eigenvalue weighted by atomic mass is 10.2. The monoisotopic (exact) mass is 396 g/mol. The Morgan fingerprint density at radius 3 is 2.73 bits per heavy atom. The summed E-state index contributed by atoms with van der Waals surface area (Å²) in [7, 11) is 0. The summed E-state index contributed by atoms with van der Waals surface area (Å²) in [4.78, 5) is 21.4. The molecule has 1 aliphatic heterocycles. The molecule has 11 heteroatoms. The number of carbonyl (C=O) groups excluding carboxylic acids is 1. The Balaban J connectivity index is 1.94. The number of nitrogens with one attached hydrogen (secondary N) is 1. The maximum Gasteiger partial charge on any atom is 0.422 e. The zero-order valence-electron chi connectivity index (χ0n) is 14.6. The minimum Gasteiger partial charge on any atom is -0.467 e. The smallest absolute Gasteiger partial charge is 0.422 e. The standard InChI is InChI=1S/C15H20ClF3N4O3/c1-14(2,3)26-13(24)23-5-4-9(7-23)21-12-20-6-10(16)11(22-12)25-8-15(17,18)19/h6,9H,4-5,7-8H2,1-3H3,(H,20,21,22)/t9-/m0/s1. The number of amides is 1. The van der Waals surface area contributed by atoms with E-state index in [-0.39, 0.29) is 22.9 Å². The van der Waals surface area contributed by atoms with Crippen LogP contribution in [0.15, 0.2) is 6.20 Å². The molecule has 1 aromatic rings. The van der Waals surface area contributed by atoms with Crippen molar-refractivity contribution in [1.29, 1.82) is 0 Å². The molecular weight excluding hydrogens is 377 g/mol. The highest BCUT2D eigenvalue weighted by molar-refractivity contribution is 6.31. The first-order valence-electron chi connectivity index (χ1n) is 7.89. The molecule has 0 saturated carbocycles. The first-order valence-corrected chi connectivity index (χ1v) is 8.27. The molecule has 0 aliphatic carbocycles. The Bertz CT molecular complexity index is 652. The van der Waals surface area contributed by atoms with Crippen molar-refractivity contribution in [2.75, 3.05) is 25.0 Å². The number of halogens is 4. The van der Waals surface area contributed by atoms with Gasteiger partial charge in [0, 0.05) is 19.1 Å². The fourth-order valence-electron chi connectivity index (χ4n) is 2.23. The van der Waals surface area contributed by atoms with E-state index in [9.17, 15) is 18.0 Å². The summed E-state index contributed by atoms with van der Waals surface area (Å²) in [6.07, 6.45) is -3.15. The third kappa shape index (κ3) is 6.40. The first kappa shape index (κ1) is 20.3. The van der Waals surface area contributed by atoms with Gasteiger partial charge < -0.3 is 19.7 Å². The number of ether oxygens (including phenoxy) is 2. The van der Waals surface area contributed by atoms with Crippen molar-refractivity contribution < 1.29 is 27.4 Å². The molecule has 1 aromatic heterocycles. The maximum atomic E-state index is 12.3. The Morgan fingerprint density at radius 2 is 2.12 bits per heavy atom. The Labute approximate surface area is 153 Å². The molecule has 0 radical (unpaired) electrons. The van der Waals surface area contributed by atoms with Gasteiger partial charge >= 0.3 is 12.3 Å². The number of rotatable bonds is 4. The van der Waals surface area contributed by atoms with Gasteiger partial charge in [-0.2, -0.15) is 18.2 Å². The second kappa shape index (κ2) is 7.73. The van der Waals surface area contributed by atoms with Crippen LogP contribution in [0.3, 0.4) is 0 Å². The number of nitrogens with zero attached hydrogens (tertiary/aromatic N) is 3. The zero-order valence-corrected chi connectivity index (χ0v) is 15.3. The van der Waals surface area contributed by atoms with E-state index in [1.807, 2.05) is 0 Å². The highest BCUT2D eigenvalue weighted by Gasteiger charge is 2.31. The fraction of sp³-hybridized carbons (Fsp3) is 0.667. The second-order valence-electron chi connectivity index (χ2n) is 6.81. The van der Waals surface area contributed by atoms with E-state index in [0.717, 1.165) is 6.20 Å². The fourth-order valence-corrected chi connectivity index (χ4v) is 2.37. The zero-order chi connectivity index (χ0) is 19.5. The van der Waals surface area contributed by atoms with Crippen molar-refractivity contribution >= 4 is 23.6 Å². The van der Waals surface area contributed by atoms with E-state index in [4.69, 9.17) is 16.3 Å². The van der Waals surface area contributed by atoms with Crippen LogP contribution in [0.4, 0.5) is 23.9 Å². The molecule has 2 rings (SSSR count). The normalized spacial score (nSPS) is 18.0. The third-order valence-electron chi connectivity index (χ3n) is 3.26. The quantitative estimate of drug-likeness (QED) is 0.839. The summed E-state index contributed by atoms with van der Waals surface area (Å²) in [6.45, 7) is 4.68. The molecule has 1 aliphatic rings. The molecule has 1 amide bonds. The summed E-state index contributed by atoms with van der Waals surface area (Å²) in [6, 6.07) is -0.167.